The zero-order valence-electron chi connectivity index (χ0n) is 10.6. The molecule has 16 heavy (non-hydrogen) atoms. The van der Waals surface area contributed by atoms with Crippen molar-refractivity contribution >= 4 is 10.0 Å². The Morgan fingerprint density at radius 2 is 1.75 bits per heavy atom. The fraction of sp³-hybridized carbons (Fsp3) is 1.00. The summed E-state index contributed by atoms with van der Waals surface area (Å²) in [6.45, 7) is 6.05. The van der Waals surface area contributed by atoms with Crippen molar-refractivity contribution in [3.8, 4) is 0 Å². The fourth-order valence-electron chi connectivity index (χ4n) is 1.79. The predicted octanol–water partition coefficient (Wildman–Crippen LogP) is 1.60. The summed E-state index contributed by atoms with van der Waals surface area (Å²) in [5.41, 5.74) is 0. The van der Waals surface area contributed by atoms with Crippen LogP contribution in [0.3, 0.4) is 0 Å². The lowest BCUT2D eigenvalue weighted by Gasteiger charge is -2.28. The van der Waals surface area contributed by atoms with Crippen LogP contribution in [0.25, 0.3) is 0 Å². The molecule has 0 aliphatic carbocycles. The highest BCUT2D eigenvalue weighted by molar-refractivity contribution is 7.89. The molecule has 0 saturated heterocycles. The third kappa shape index (κ3) is 4.80. The Labute approximate surface area is 99.7 Å². The van der Waals surface area contributed by atoms with Crippen LogP contribution in [0.4, 0.5) is 0 Å². The topological polar surface area (TPSA) is 57.6 Å². The summed E-state index contributed by atoms with van der Waals surface area (Å²) in [6, 6.07) is 0.0222. The number of aliphatic hydroxyl groups excluding tert-OH is 1. The molecule has 0 aliphatic heterocycles. The first kappa shape index (κ1) is 15.9. The van der Waals surface area contributed by atoms with Gasteiger partial charge in [-0.05, 0) is 19.3 Å². The molecule has 0 rings (SSSR count). The van der Waals surface area contributed by atoms with E-state index in [2.05, 4.69) is 0 Å². The number of rotatable bonds is 9. The van der Waals surface area contributed by atoms with Crippen molar-refractivity contribution in [2.75, 3.05) is 18.9 Å². The van der Waals surface area contributed by atoms with Crippen molar-refractivity contribution in [3.63, 3.8) is 0 Å². The maximum Gasteiger partial charge on any atom is 0.214 e. The summed E-state index contributed by atoms with van der Waals surface area (Å²) in [5.74, 6) is 0.194. The molecule has 98 valence electrons. The van der Waals surface area contributed by atoms with Crippen molar-refractivity contribution in [1.29, 1.82) is 0 Å². The Morgan fingerprint density at radius 3 is 2.12 bits per heavy atom. The van der Waals surface area contributed by atoms with Gasteiger partial charge in [-0.2, -0.15) is 4.31 Å². The van der Waals surface area contributed by atoms with Crippen molar-refractivity contribution in [2.24, 2.45) is 0 Å². The Balaban J connectivity index is 4.73. The summed E-state index contributed by atoms with van der Waals surface area (Å²) in [5, 5.41) is 8.96. The van der Waals surface area contributed by atoms with Gasteiger partial charge in [0.05, 0.1) is 12.4 Å². The number of hydrogen-bond acceptors (Lipinski definition) is 3. The molecular weight excluding hydrogens is 226 g/mol. The second-order valence-corrected chi connectivity index (χ2v) is 6.02. The third-order valence-electron chi connectivity index (χ3n) is 2.78. The van der Waals surface area contributed by atoms with E-state index in [4.69, 9.17) is 5.11 Å². The molecule has 0 amide bonds. The summed E-state index contributed by atoms with van der Waals surface area (Å²) >= 11 is 0. The average Bonchev–Trinajstić information content (AvgIpc) is 2.27. The number of unbranched alkanes of at least 4 members (excludes halogenated alkanes) is 1. The van der Waals surface area contributed by atoms with Crippen molar-refractivity contribution in [2.45, 2.75) is 52.5 Å². The monoisotopic (exact) mass is 251 g/mol. The Bertz CT molecular complexity index is 260. The van der Waals surface area contributed by atoms with Gasteiger partial charge in [-0.15, -0.1) is 0 Å². The molecule has 0 unspecified atom stereocenters. The first-order valence-electron chi connectivity index (χ1n) is 6.13. The molecular formula is C11H25NO3S. The standard InChI is InChI=1S/C11H25NO3S/c1-4-7-10-16(14,15)12(8-9-13)11(5-2)6-3/h11,13H,4-10H2,1-3H3. The quantitative estimate of drug-likeness (QED) is 0.677. The maximum atomic E-state index is 12.1. The normalized spacial score (nSPS) is 12.6. The highest BCUT2D eigenvalue weighted by Gasteiger charge is 2.26. The Kier molecular flexibility index (Phi) is 7.97. The third-order valence-corrected chi connectivity index (χ3v) is 4.78. The van der Waals surface area contributed by atoms with Crippen LogP contribution in [0, 0.1) is 0 Å². The van der Waals surface area contributed by atoms with Crippen LogP contribution in [0.2, 0.25) is 0 Å². The first-order chi connectivity index (χ1) is 7.53. The molecule has 1 N–H and O–H groups in total. The maximum absolute atomic E-state index is 12.1. The van der Waals surface area contributed by atoms with Crippen LogP contribution >= 0.6 is 0 Å². The Morgan fingerprint density at radius 1 is 1.19 bits per heavy atom. The SMILES string of the molecule is CCCCS(=O)(=O)N(CCO)C(CC)CC. The van der Waals surface area contributed by atoms with Gasteiger partial charge in [0, 0.05) is 12.6 Å². The second-order valence-electron chi connectivity index (χ2n) is 3.97. The number of nitrogens with zero attached hydrogens (tertiary/aromatic N) is 1. The molecule has 0 radical (unpaired) electrons. The summed E-state index contributed by atoms with van der Waals surface area (Å²) in [7, 11) is -3.20. The summed E-state index contributed by atoms with van der Waals surface area (Å²) in [4.78, 5) is 0. The molecule has 0 aromatic carbocycles. The van der Waals surface area contributed by atoms with Gasteiger partial charge in [0.1, 0.15) is 0 Å². The minimum atomic E-state index is -3.20. The number of sulfonamides is 1. The molecule has 0 spiro atoms. The van der Waals surface area contributed by atoms with Crippen LogP contribution in [-0.4, -0.2) is 42.8 Å². The number of aliphatic hydroxyl groups is 1. The highest BCUT2D eigenvalue weighted by atomic mass is 32.2. The van der Waals surface area contributed by atoms with Crippen molar-refractivity contribution in [1.82, 2.24) is 4.31 Å². The molecule has 0 atom stereocenters. The first-order valence-corrected chi connectivity index (χ1v) is 7.74. The molecule has 0 heterocycles. The van der Waals surface area contributed by atoms with E-state index in [1.165, 1.54) is 4.31 Å². The van der Waals surface area contributed by atoms with Gasteiger partial charge in [0.2, 0.25) is 10.0 Å². The number of hydrogen-bond donors (Lipinski definition) is 1. The molecule has 0 aliphatic rings. The molecule has 0 bridgehead atoms. The van der Waals surface area contributed by atoms with Crippen LogP contribution in [-0.2, 0) is 10.0 Å². The van der Waals surface area contributed by atoms with E-state index in [1.54, 1.807) is 0 Å². The smallest absolute Gasteiger partial charge is 0.214 e. The molecule has 0 aromatic heterocycles. The molecule has 0 saturated carbocycles. The largest absolute Gasteiger partial charge is 0.395 e. The van der Waals surface area contributed by atoms with Crippen molar-refractivity contribution < 1.29 is 13.5 Å². The summed E-state index contributed by atoms with van der Waals surface area (Å²) < 4.78 is 25.6. The van der Waals surface area contributed by atoms with Gasteiger partial charge in [-0.25, -0.2) is 8.42 Å². The molecule has 0 fully saturated rings. The van der Waals surface area contributed by atoms with Crippen LogP contribution in [0.15, 0.2) is 0 Å². The lowest BCUT2D eigenvalue weighted by atomic mass is 10.2. The molecule has 0 aromatic rings. The van der Waals surface area contributed by atoms with Gasteiger partial charge >= 0.3 is 0 Å². The molecule has 4 nitrogen and oxygen atoms in total. The van der Waals surface area contributed by atoms with E-state index in [1.807, 2.05) is 20.8 Å². The van der Waals surface area contributed by atoms with Crippen molar-refractivity contribution in [3.05, 3.63) is 0 Å². The fourth-order valence-corrected chi connectivity index (χ4v) is 3.79. The molecule has 5 heteroatoms. The van der Waals surface area contributed by atoms with Gasteiger partial charge in [-0.3, -0.25) is 0 Å². The van der Waals surface area contributed by atoms with Gasteiger partial charge in [-0.1, -0.05) is 27.2 Å². The van der Waals surface area contributed by atoms with E-state index < -0.39 is 10.0 Å². The average molecular weight is 251 g/mol. The van der Waals surface area contributed by atoms with E-state index in [-0.39, 0.29) is 24.9 Å². The van der Waals surface area contributed by atoms with E-state index in [9.17, 15) is 8.42 Å². The van der Waals surface area contributed by atoms with E-state index in [0.29, 0.717) is 6.42 Å². The summed E-state index contributed by atoms with van der Waals surface area (Å²) in [6.07, 6.45) is 3.14. The van der Waals surface area contributed by atoms with Crippen LogP contribution in [0.1, 0.15) is 46.5 Å². The minimum absolute atomic E-state index is 0.0222. The zero-order valence-corrected chi connectivity index (χ0v) is 11.5. The second kappa shape index (κ2) is 8.03. The lowest BCUT2D eigenvalue weighted by Crippen LogP contribution is -2.42. The van der Waals surface area contributed by atoms with E-state index >= 15 is 0 Å². The Hall–Kier alpha value is -0.130. The van der Waals surface area contributed by atoms with Crippen LogP contribution in [0.5, 0.6) is 0 Å². The van der Waals surface area contributed by atoms with Crippen LogP contribution < -0.4 is 0 Å². The van der Waals surface area contributed by atoms with Gasteiger partial charge in [0.25, 0.3) is 0 Å². The van der Waals surface area contributed by atoms with Gasteiger partial charge in [0.15, 0.2) is 0 Å². The van der Waals surface area contributed by atoms with E-state index in [0.717, 1.165) is 19.3 Å². The zero-order chi connectivity index (χ0) is 12.6. The van der Waals surface area contributed by atoms with Gasteiger partial charge < -0.3 is 5.11 Å². The highest BCUT2D eigenvalue weighted by Crippen LogP contribution is 2.15. The minimum Gasteiger partial charge on any atom is -0.395 e. The predicted molar refractivity (Wildman–Crippen MR) is 66.9 cm³/mol. The lowest BCUT2D eigenvalue weighted by molar-refractivity contribution is 0.219.